The highest BCUT2D eigenvalue weighted by atomic mass is 35.5. The number of carbonyl (C=O) groups excluding carboxylic acids is 2. The lowest BCUT2D eigenvalue weighted by Crippen LogP contribution is -2.48. The average molecular weight is 505 g/mol. The molecule has 4 aromatic rings. The molecular weight excluding hydrogens is 480 g/mol. The molecule has 0 spiro atoms. The number of piperazine rings is 1. The summed E-state index contributed by atoms with van der Waals surface area (Å²) >= 11 is 7.95. The average Bonchev–Trinajstić information content (AvgIpc) is 3.35. The number of amides is 1. The maximum atomic E-state index is 12.5. The van der Waals surface area contributed by atoms with Crippen molar-refractivity contribution in [2.45, 2.75) is 0 Å². The Hall–Kier alpha value is -3.26. The number of thiazole rings is 1. The smallest absolute Gasteiger partial charge is 0.251 e. The molecule has 0 unspecified atom stereocenters. The molecule has 0 radical (unpaired) electrons. The van der Waals surface area contributed by atoms with Crippen molar-refractivity contribution in [1.29, 1.82) is 0 Å². The van der Waals surface area contributed by atoms with Gasteiger partial charge in [0.25, 0.3) is 5.91 Å². The number of ketones is 1. The second kappa shape index (κ2) is 10.6. The Morgan fingerprint density at radius 2 is 1.54 bits per heavy atom. The summed E-state index contributed by atoms with van der Waals surface area (Å²) < 4.78 is 1.11. The zero-order chi connectivity index (χ0) is 24.2. The third kappa shape index (κ3) is 5.37. The normalized spacial score (nSPS) is 14.3. The number of nitrogens with one attached hydrogen (secondary N) is 1. The number of hydrogen-bond acceptors (Lipinski definition) is 6. The molecule has 8 heteroatoms. The van der Waals surface area contributed by atoms with Crippen LogP contribution >= 0.6 is 22.9 Å². The molecule has 0 atom stereocenters. The van der Waals surface area contributed by atoms with E-state index in [-0.39, 0.29) is 11.7 Å². The Kier molecular flexibility index (Phi) is 7.08. The zero-order valence-corrected chi connectivity index (χ0v) is 20.7. The van der Waals surface area contributed by atoms with Gasteiger partial charge in [-0.3, -0.25) is 14.5 Å². The van der Waals surface area contributed by atoms with E-state index in [2.05, 4.69) is 21.2 Å². The van der Waals surface area contributed by atoms with Crippen LogP contribution in [0.2, 0.25) is 5.02 Å². The molecule has 35 heavy (non-hydrogen) atoms. The standard InChI is InChI=1S/C27H25ClN4O2S/c28-22-7-4-8-23-24(22)30-27(35-23)32-17-15-31(16-18-32)14-13-29-26(34)21-11-9-20(10-12-21)25(33)19-5-2-1-3-6-19/h1-12H,13-18H2,(H,29,34). The van der Waals surface area contributed by atoms with E-state index in [0.717, 1.165) is 48.1 Å². The van der Waals surface area contributed by atoms with E-state index >= 15 is 0 Å². The van der Waals surface area contributed by atoms with Crippen molar-refractivity contribution in [2.75, 3.05) is 44.2 Å². The summed E-state index contributed by atoms with van der Waals surface area (Å²) in [7, 11) is 0. The van der Waals surface area contributed by atoms with Gasteiger partial charge in [-0.25, -0.2) is 4.98 Å². The molecule has 2 heterocycles. The summed E-state index contributed by atoms with van der Waals surface area (Å²) in [4.78, 5) is 34.5. The summed E-state index contributed by atoms with van der Waals surface area (Å²) in [5, 5.41) is 4.69. The van der Waals surface area contributed by atoms with Crippen molar-refractivity contribution in [1.82, 2.24) is 15.2 Å². The van der Waals surface area contributed by atoms with Gasteiger partial charge in [-0.1, -0.05) is 71.5 Å². The van der Waals surface area contributed by atoms with Gasteiger partial charge >= 0.3 is 0 Å². The monoisotopic (exact) mass is 504 g/mol. The highest BCUT2D eigenvalue weighted by Gasteiger charge is 2.20. The Balaban J connectivity index is 1.08. The van der Waals surface area contributed by atoms with Crippen LogP contribution in [0.15, 0.2) is 72.8 Å². The van der Waals surface area contributed by atoms with Gasteiger partial charge in [0.05, 0.1) is 9.72 Å². The van der Waals surface area contributed by atoms with Gasteiger partial charge in [0.2, 0.25) is 0 Å². The van der Waals surface area contributed by atoms with Crippen LogP contribution in [-0.2, 0) is 0 Å². The van der Waals surface area contributed by atoms with E-state index in [1.54, 1.807) is 47.7 Å². The van der Waals surface area contributed by atoms with Crippen molar-refractivity contribution in [3.8, 4) is 0 Å². The molecular formula is C27H25ClN4O2S. The van der Waals surface area contributed by atoms with Crippen LogP contribution in [0.4, 0.5) is 5.13 Å². The quantitative estimate of drug-likeness (QED) is 0.368. The van der Waals surface area contributed by atoms with Crippen LogP contribution in [0.3, 0.4) is 0 Å². The van der Waals surface area contributed by atoms with E-state index in [4.69, 9.17) is 16.6 Å². The summed E-state index contributed by atoms with van der Waals surface area (Å²) in [5.74, 6) is -0.181. The molecule has 5 rings (SSSR count). The van der Waals surface area contributed by atoms with Gasteiger partial charge in [-0.2, -0.15) is 0 Å². The number of anilines is 1. The Morgan fingerprint density at radius 3 is 2.26 bits per heavy atom. The van der Waals surface area contributed by atoms with E-state index in [1.807, 2.05) is 30.3 Å². The minimum absolute atomic E-state index is 0.0503. The van der Waals surface area contributed by atoms with Gasteiger partial charge in [-0.15, -0.1) is 0 Å². The van der Waals surface area contributed by atoms with Crippen LogP contribution in [0, 0.1) is 0 Å². The van der Waals surface area contributed by atoms with Gasteiger partial charge in [-0.05, 0) is 24.3 Å². The fraction of sp³-hybridized carbons (Fsp3) is 0.222. The fourth-order valence-electron chi connectivity index (χ4n) is 4.16. The SMILES string of the molecule is O=C(NCCN1CCN(c2nc3c(Cl)cccc3s2)CC1)c1ccc(C(=O)c2ccccc2)cc1. The van der Waals surface area contributed by atoms with Crippen LogP contribution in [0.1, 0.15) is 26.3 Å². The summed E-state index contributed by atoms with van der Waals surface area (Å²) in [6, 6.07) is 21.8. The molecule has 1 amide bonds. The van der Waals surface area contributed by atoms with Crippen LogP contribution in [-0.4, -0.2) is 60.8 Å². The number of carbonyl (C=O) groups is 2. The molecule has 1 aromatic heterocycles. The van der Waals surface area contributed by atoms with Crippen molar-refractivity contribution < 1.29 is 9.59 Å². The minimum Gasteiger partial charge on any atom is -0.351 e. The van der Waals surface area contributed by atoms with E-state index < -0.39 is 0 Å². The third-order valence-corrected chi connectivity index (χ3v) is 7.55. The van der Waals surface area contributed by atoms with Crippen molar-refractivity contribution in [2.24, 2.45) is 0 Å². The van der Waals surface area contributed by atoms with E-state index in [0.29, 0.717) is 28.3 Å². The molecule has 0 aliphatic carbocycles. The predicted molar refractivity (Wildman–Crippen MR) is 142 cm³/mol. The van der Waals surface area contributed by atoms with Gasteiger partial charge in [0.15, 0.2) is 10.9 Å². The largest absolute Gasteiger partial charge is 0.351 e. The number of nitrogens with zero attached hydrogens (tertiary/aromatic N) is 3. The number of halogens is 1. The first-order valence-electron chi connectivity index (χ1n) is 11.6. The molecule has 3 aromatic carbocycles. The summed E-state index contributed by atoms with van der Waals surface area (Å²) in [5.41, 5.74) is 2.63. The first-order chi connectivity index (χ1) is 17.1. The number of hydrogen-bond donors (Lipinski definition) is 1. The fourth-order valence-corrected chi connectivity index (χ4v) is 5.48. The second-order valence-corrected chi connectivity index (χ2v) is 9.86. The Bertz CT molecular complexity index is 1330. The number of para-hydroxylation sites is 1. The van der Waals surface area contributed by atoms with Crippen molar-refractivity contribution >= 4 is 50.0 Å². The maximum Gasteiger partial charge on any atom is 0.251 e. The molecule has 1 aliphatic rings. The molecule has 1 fully saturated rings. The van der Waals surface area contributed by atoms with Crippen molar-refractivity contribution in [3.05, 3.63) is 94.5 Å². The topological polar surface area (TPSA) is 65.5 Å². The summed E-state index contributed by atoms with van der Waals surface area (Å²) in [6.45, 7) is 4.96. The van der Waals surface area contributed by atoms with Crippen LogP contribution < -0.4 is 10.2 Å². The summed E-state index contributed by atoms with van der Waals surface area (Å²) in [6.07, 6.45) is 0. The second-order valence-electron chi connectivity index (χ2n) is 8.44. The lowest BCUT2D eigenvalue weighted by molar-refractivity contribution is 0.0946. The van der Waals surface area contributed by atoms with Gasteiger partial charge in [0.1, 0.15) is 5.52 Å². The molecule has 0 saturated carbocycles. The first kappa shape index (κ1) is 23.5. The van der Waals surface area contributed by atoms with E-state index in [1.165, 1.54) is 0 Å². The van der Waals surface area contributed by atoms with E-state index in [9.17, 15) is 9.59 Å². The molecule has 178 valence electrons. The number of rotatable bonds is 7. The lowest BCUT2D eigenvalue weighted by atomic mass is 10.0. The highest BCUT2D eigenvalue weighted by molar-refractivity contribution is 7.22. The predicted octanol–water partition coefficient (Wildman–Crippen LogP) is 4.73. The Labute approximate surface area is 213 Å². The molecule has 6 nitrogen and oxygen atoms in total. The Morgan fingerprint density at radius 1 is 0.857 bits per heavy atom. The van der Waals surface area contributed by atoms with Crippen LogP contribution in [0.5, 0.6) is 0 Å². The third-order valence-electron chi connectivity index (χ3n) is 6.16. The molecule has 1 saturated heterocycles. The van der Waals surface area contributed by atoms with Gasteiger partial charge in [0, 0.05) is 56.0 Å². The molecule has 0 bridgehead atoms. The number of benzene rings is 3. The lowest BCUT2D eigenvalue weighted by Gasteiger charge is -2.34. The van der Waals surface area contributed by atoms with Crippen molar-refractivity contribution in [3.63, 3.8) is 0 Å². The number of fused-ring (bicyclic) bond motifs is 1. The van der Waals surface area contributed by atoms with Crippen LogP contribution in [0.25, 0.3) is 10.2 Å². The minimum atomic E-state index is -0.131. The maximum absolute atomic E-state index is 12.5. The zero-order valence-electron chi connectivity index (χ0n) is 19.1. The van der Waals surface area contributed by atoms with Gasteiger partial charge < -0.3 is 10.2 Å². The first-order valence-corrected chi connectivity index (χ1v) is 12.8. The number of aromatic nitrogens is 1. The molecule has 1 aliphatic heterocycles. The molecule has 1 N–H and O–H groups in total. The highest BCUT2D eigenvalue weighted by Crippen LogP contribution is 2.33.